The molecule has 0 spiro atoms. The zero-order chi connectivity index (χ0) is 11.1. The summed E-state index contributed by atoms with van der Waals surface area (Å²) in [5.41, 5.74) is 5.68. The summed E-state index contributed by atoms with van der Waals surface area (Å²) in [6.07, 6.45) is 2.64. The average Bonchev–Trinajstić information content (AvgIpc) is 2.75. The minimum absolute atomic E-state index is 0.105. The monoisotopic (exact) mass is 215 g/mol. The summed E-state index contributed by atoms with van der Waals surface area (Å²) in [5.74, 6) is 0.467. The van der Waals surface area contributed by atoms with Crippen molar-refractivity contribution in [2.24, 2.45) is 10.7 Å². The molecule has 2 atom stereocenters. The van der Waals surface area contributed by atoms with E-state index in [1.807, 2.05) is 6.92 Å². The molecule has 88 valence electrons. The Balaban J connectivity index is 2.13. The van der Waals surface area contributed by atoms with Crippen LogP contribution in [0.25, 0.3) is 0 Å². The van der Waals surface area contributed by atoms with Gasteiger partial charge in [-0.1, -0.05) is 0 Å². The summed E-state index contributed by atoms with van der Waals surface area (Å²) in [6.45, 7) is 4.15. The van der Waals surface area contributed by atoms with Crippen molar-refractivity contribution >= 4 is 5.96 Å². The maximum atomic E-state index is 5.68. The highest BCUT2D eigenvalue weighted by atomic mass is 16.5. The molecule has 0 aliphatic carbocycles. The van der Waals surface area contributed by atoms with Crippen LogP contribution in [0.4, 0.5) is 0 Å². The number of nitrogens with zero attached hydrogens (tertiary/aromatic N) is 1. The molecule has 0 aromatic rings. The summed E-state index contributed by atoms with van der Waals surface area (Å²) in [7, 11) is 1.66. The van der Waals surface area contributed by atoms with Gasteiger partial charge in [0.1, 0.15) is 0 Å². The number of rotatable bonds is 5. The molecule has 1 aliphatic rings. The first-order valence-corrected chi connectivity index (χ1v) is 5.40. The van der Waals surface area contributed by atoms with Gasteiger partial charge in [-0.3, -0.25) is 4.99 Å². The molecule has 1 rings (SSSR count). The largest absolute Gasteiger partial charge is 0.380 e. The Morgan fingerprint density at radius 2 is 2.53 bits per heavy atom. The molecule has 0 radical (unpaired) electrons. The van der Waals surface area contributed by atoms with Gasteiger partial charge < -0.3 is 20.5 Å². The Hall–Kier alpha value is -0.810. The molecule has 2 unspecified atom stereocenters. The molecule has 1 heterocycles. The van der Waals surface area contributed by atoms with Crippen LogP contribution >= 0.6 is 0 Å². The Morgan fingerprint density at radius 3 is 3.13 bits per heavy atom. The quantitative estimate of drug-likeness (QED) is 0.504. The Kier molecular flexibility index (Phi) is 5.42. The zero-order valence-electron chi connectivity index (χ0n) is 9.53. The van der Waals surface area contributed by atoms with E-state index in [0.717, 1.165) is 26.0 Å². The molecular formula is C10H21N3O2. The van der Waals surface area contributed by atoms with Crippen LogP contribution in [0.2, 0.25) is 0 Å². The fraction of sp³-hybridized carbons (Fsp3) is 0.900. The molecule has 3 N–H and O–H groups in total. The topological polar surface area (TPSA) is 68.9 Å². The zero-order valence-corrected chi connectivity index (χ0v) is 9.53. The molecule has 5 heteroatoms. The number of nitrogens with two attached hydrogens (primary N) is 1. The fourth-order valence-corrected chi connectivity index (χ4v) is 1.38. The number of hydrogen-bond acceptors (Lipinski definition) is 3. The highest BCUT2D eigenvalue weighted by molar-refractivity contribution is 5.77. The van der Waals surface area contributed by atoms with Crippen molar-refractivity contribution in [3.8, 4) is 0 Å². The van der Waals surface area contributed by atoms with E-state index in [4.69, 9.17) is 15.2 Å². The van der Waals surface area contributed by atoms with Crippen LogP contribution in [0.15, 0.2) is 4.99 Å². The van der Waals surface area contributed by atoms with Gasteiger partial charge >= 0.3 is 0 Å². The van der Waals surface area contributed by atoms with Crippen LogP contribution in [0.1, 0.15) is 19.8 Å². The van der Waals surface area contributed by atoms with E-state index in [2.05, 4.69) is 10.3 Å². The normalized spacial score (nSPS) is 24.1. The maximum absolute atomic E-state index is 5.68. The lowest BCUT2D eigenvalue weighted by molar-refractivity contribution is 0.113. The summed E-state index contributed by atoms with van der Waals surface area (Å²) in [5, 5.41) is 3.05. The van der Waals surface area contributed by atoms with Crippen LogP contribution in [0.5, 0.6) is 0 Å². The van der Waals surface area contributed by atoms with Crippen molar-refractivity contribution in [1.29, 1.82) is 0 Å². The Bertz CT molecular complexity index is 203. The van der Waals surface area contributed by atoms with E-state index in [-0.39, 0.29) is 6.10 Å². The molecule has 1 fully saturated rings. The molecule has 0 aromatic heterocycles. The number of guanidine groups is 1. The molecule has 1 saturated heterocycles. The second kappa shape index (κ2) is 6.63. The lowest BCUT2D eigenvalue weighted by Gasteiger charge is -2.12. The number of aliphatic imine (C=N–C) groups is 1. The van der Waals surface area contributed by atoms with Gasteiger partial charge in [0.15, 0.2) is 5.96 Å². The van der Waals surface area contributed by atoms with E-state index in [0.29, 0.717) is 18.6 Å². The average molecular weight is 215 g/mol. The van der Waals surface area contributed by atoms with Crippen LogP contribution in [0.3, 0.4) is 0 Å². The fourth-order valence-electron chi connectivity index (χ4n) is 1.38. The van der Waals surface area contributed by atoms with Crippen molar-refractivity contribution in [1.82, 2.24) is 5.32 Å². The minimum atomic E-state index is 0.105. The van der Waals surface area contributed by atoms with Crippen LogP contribution in [-0.4, -0.2) is 45.0 Å². The van der Waals surface area contributed by atoms with Crippen LogP contribution in [-0.2, 0) is 9.47 Å². The number of hydrogen-bond donors (Lipinski definition) is 2. The predicted octanol–water partition coefficient (Wildman–Crippen LogP) is 0.105. The number of nitrogens with one attached hydrogen (secondary N) is 1. The number of methoxy groups -OCH3 is 1. The summed E-state index contributed by atoms with van der Waals surface area (Å²) in [6, 6.07) is 0. The Morgan fingerprint density at radius 1 is 1.73 bits per heavy atom. The van der Waals surface area contributed by atoms with Gasteiger partial charge in [-0.05, 0) is 19.8 Å². The third kappa shape index (κ3) is 4.99. The summed E-state index contributed by atoms with van der Waals surface area (Å²) >= 11 is 0. The van der Waals surface area contributed by atoms with Crippen LogP contribution in [0, 0.1) is 0 Å². The highest BCUT2D eigenvalue weighted by Crippen LogP contribution is 2.10. The molecule has 0 aromatic carbocycles. The predicted molar refractivity (Wildman–Crippen MR) is 59.9 cm³/mol. The second-order valence-electron chi connectivity index (χ2n) is 3.79. The van der Waals surface area contributed by atoms with Crippen molar-refractivity contribution in [3.63, 3.8) is 0 Å². The molecule has 0 saturated carbocycles. The van der Waals surface area contributed by atoms with Crippen molar-refractivity contribution in [3.05, 3.63) is 0 Å². The SMILES string of the molecule is COC(C)CN=C(N)NCC1CCCO1. The first kappa shape index (κ1) is 12.3. The maximum Gasteiger partial charge on any atom is 0.188 e. The molecule has 15 heavy (non-hydrogen) atoms. The molecule has 5 nitrogen and oxygen atoms in total. The van der Waals surface area contributed by atoms with Crippen molar-refractivity contribution < 1.29 is 9.47 Å². The summed E-state index contributed by atoms with van der Waals surface area (Å²) in [4.78, 5) is 4.16. The summed E-state index contributed by atoms with van der Waals surface area (Å²) < 4.78 is 10.5. The third-order valence-electron chi connectivity index (χ3n) is 2.46. The number of ether oxygens (including phenoxy) is 2. The van der Waals surface area contributed by atoms with Gasteiger partial charge in [-0.15, -0.1) is 0 Å². The van der Waals surface area contributed by atoms with Gasteiger partial charge in [0, 0.05) is 20.3 Å². The van der Waals surface area contributed by atoms with Gasteiger partial charge in [0.2, 0.25) is 0 Å². The van der Waals surface area contributed by atoms with E-state index >= 15 is 0 Å². The second-order valence-corrected chi connectivity index (χ2v) is 3.79. The lowest BCUT2D eigenvalue weighted by atomic mass is 10.2. The van der Waals surface area contributed by atoms with Crippen LogP contribution < -0.4 is 11.1 Å². The molecule has 0 amide bonds. The highest BCUT2D eigenvalue weighted by Gasteiger charge is 2.14. The lowest BCUT2D eigenvalue weighted by Crippen LogP contribution is -2.37. The van der Waals surface area contributed by atoms with Gasteiger partial charge in [-0.2, -0.15) is 0 Å². The first-order chi connectivity index (χ1) is 7.22. The van der Waals surface area contributed by atoms with Crippen molar-refractivity contribution in [2.75, 3.05) is 26.8 Å². The van der Waals surface area contributed by atoms with Gasteiger partial charge in [0.05, 0.1) is 18.8 Å². The molecule has 1 aliphatic heterocycles. The smallest absolute Gasteiger partial charge is 0.188 e. The molecule has 0 bridgehead atoms. The van der Waals surface area contributed by atoms with Crippen molar-refractivity contribution in [2.45, 2.75) is 32.0 Å². The minimum Gasteiger partial charge on any atom is -0.380 e. The standard InChI is InChI=1S/C10H21N3O2/c1-8(14-2)6-12-10(11)13-7-9-4-3-5-15-9/h8-9H,3-7H2,1-2H3,(H3,11,12,13). The van der Waals surface area contributed by atoms with Gasteiger partial charge in [-0.25, -0.2) is 0 Å². The van der Waals surface area contributed by atoms with E-state index < -0.39 is 0 Å². The van der Waals surface area contributed by atoms with Gasteiger partial charge in [0.25, 0.3) is 0 Å². The van der Waals surface area contributed by atoms with E-state index in [9.17, 15) is 0 Å². The molecular weight excluding hydrogens is 194 g/mol. The Labute approximate surface area is 91.0 Å². The third-order valence-corrected chi connectivity index (χ3v) is 2.46. The van der Waals surface area contributed by atoms with E-state index in [1.54, 1.807) is 7.11 Å². The first-order valence-electron chi connectivity index (χ1n) is 5.40. The van der Waals surface area contributed by atoms with E-state index in [1.165, 1.54) is 0 Å².